The van der Waals surface area contributed by atoms with Gasteiger partial charge in [-0.1, -0.05) is 20.8 Å². The van der Waals surface area contributed by atoms with Gasteiger partial charge in [0.1, 0.15) is 6.04 Å². The molecule has 1 aliphatic carbocycles. The fraction of sp³-hybridized carbons (Fsp3) is 0.875. The molecule has 0 unspecified atom stereocenters. The monoisotopic (exact) mass is 296 g/mol. The van der Waals surface area contributed by atoms with Crippen molar-refractivity contribution in [3.05, 3.63) is 0 Å². The second-order valence-electron chi connectivity index (χ2n) is 7.04. The molecule has 120 valence electrons. The summed E-state index contributed by atoms with van der Waals surface area (Å²) in [6.07, 6.45) is 2.90. The van der Waals surface area contributed by atoms with Crippen LogP contribution >= 0.6 is 0 Å². The first-order valence-corrected chi connectivity index (χ1v) is 7.92. The Balaban J connectivity index is 2.00. The lowest BCUT2D eigenvalue weighted by Crippen LogP contribution is -2.69. The number of methoxy groups -OCH3 is 1. The lowest BCUT2D eigenvalue weighted by atomic mass is 9.56. The van der Waals surface area contributed by atoms with Gasteiger partial charge in [0, 0.05) is 31.5 Å². The third kappa shape index (κ3) is 2.56. The van der Waals surface area contributed by atoms with Crippen LogP contribution in [0.2, 0.25) is 0 Å². The summed E-state index contributed by atoms with van der Waals surface area (Å²) in [7, 11) is 1.72. The zero-order valence-corrected chi connectivity index (χ0v) is 13.9. The smallest absolute Gasteiger partial charge is 0.243 e. The van der Waals surface area contributed by atoms with Gasteiger partial charge in [-0.05, 0) is 26.2 Å². The molecule has 0 aromatic rings. The summed E-state index contributed by atoms with van der Waals surface area (Å²) < 4.78 is 5.59. The number of amides is 2. The van der Waals surface area contributed by atoms with Gasteiger partial charge in [0.25, 0.3) is 0 Å². The first-order valence-electron chi connectivity index (χ1n) is 7.92. The number of likely N-dealkylation sites (tertiary alicyclic amines) is 1. The minimum absolute atomic E-state index is 0.0241. The molecule has 0 aromatic carbocycles. The molecule has 2 rings (SSSR count). The van der Waals surface area contributed by atoms with Crippen LogP contribution in [0.4, 0.5) is 0 Å². The van der Waals surface area contributed by atoms with E-state index in [1.807, 2.05) is 6.92 Å². The van der Waals surface area contributed by atoms with Crippen molar-refractivity contribution in [2.45, 2.75) is 71.1 Å². The van der Waals surface area contributed by atoms with Crippen molar-refractivity contribution < 1.29 is 14.3 Å². The van der Waals surface area contributed by atoms with Crippen LogP contribution in [0.1, 0.15) is 53.4 Å². The molecule has 3 atom stereocenters. The molecule has 1 heterocycles. The minimum atomic E-state index is -0.329. The molecule has 5 nitrogen and oxygen atoms in total. The van der Waals surface area contributed by atoms with Crippen molar-refractivity contribution in [3.8, 4) is 0 Å². The van der Waals surface area contributed by atoms with Crippen LogP contribution < -0.4 is 5.32 Å². The van der Waals surface area contributed by atoms with E-state index in [9.17, 15) is 9.59 Å². The lowest BCUT2D eigenvalue weighted by molar-refractivity contribution is -0.183. The van der Waals surface area contributed by atoms with Gasteiger partial charge < -0.3 is 15.0 Å². The highest BCUT2D eigenvalue weighted by Crippen LogP contribution is 2.51. The van der Waals surface area contributed by atoms with Gasteiger partial charge in [0.2, 0.25) is 11.8 Å². The molecular weight excluding hydrogens is 268 g/mol. The lowest BCUT2D eigenvalue weighted by Gasteiger charge is -2.59. The predicted molar refractivity (Wildman–Crippen MR) is 80.8 cm³/mol. The van der Waals surface area contributed by atoms with E-state index < -0.39 is 0 Å². The van der Waals surface area contributed by atoms with Gasteiger partial charge in [0.15, 0.2) is 0 Å². The number of hydrogen-bond acceptors (Lipinski definition) is 3. The number of carbonyl (C=O) groups excluding carboxylic acids is 2. The Morgan fingerprint density at radius 3 is 2.57 bits per heavy atom. The largest absolute Gasteiger partial charge is 0.378 e. The second-order valence-corrected chi connectivity index (χ2v) is 7.04. The first-order chi connectivity index (χ1) is 9.76. The van der Waals surface area contributed by atoms with Crippen molar-refractivity contribution in [2.24, 2.45) is 5.41 Å². The Morgan fingerprint density at radius 2 is 2.14 bits per heavy atom. The standard InChI is InChI=1S/C16H28N2O3/c1-6-11(18-9-7-8-13(18)19)14(20)17-12-10-16(4,21-5)15(12,2)3/h11-12H,6-10H2,1-5H3,(H,17,20)/t11-,12-,16+/m1/s1. The Labute approximate surface area is 127 Å². The molecule has 2 fully saturated rings. The predicted octanol–water partition coefficient (Wildman–Crippen LogP) is 1.71. The van der Waals surface area contributed by atoms with Gasteiger partial charge in [-0.2, -0.15) is 0 Å². The van der Waals surface area contributed by atoms with E-state index in [0.29, 0.717) is 19.4 Å². The minimum Gasteiger partial charge on any atom is -0.378 e. The molecule has 1 saturated heterocycles. The Kier molecular flexibility index (Phi) is 4.34. The van der Waals surface area contributed by atoms with Crippen LogP contribution in [-0.2, 0) is 14.3 Å². The van der Waals surface area contributed by atoms with E-state index in [4.69, 9.17) is 4.74 Å². The molecule has 5 heteroatoms. The number of nitrogens with zero attached hydrogens (tertiary/aromatic N) is 1. The first kappa shape index (κ1) is 16.3. The summed E-state index contributed by atoms with van der Waals surface area (Å²) in [5.74, 6) is 0.0792. The zero-order chi connectivity index (χ0) is 15.8. The van der Waals surface area contributed by atoms with E-state index in [-0.39, 0.29) is 34.9 Å². The van der Waals surface area contributed by atoms with E-state index >= 15 is 0 Å². The normalized spacial score (nSPS) is 32.7. The topological polar surface area (TPSA) is 58.6 Å². The molecular formula is C16H28N2O3. The third-order valence-corrected chi connectivity index (χ3v) is 5.77. The van der Waals surface area contributed by atoms with Crippen LogP contribution in [0, 0.1) is 5.41 Å². The van der Waals surface area contributed by atoms with Crippen LogP contribution in [0.25, 0.3) is 0 Å². The molecule has 1 N–H and O–H groups in total. The highest BCUT2D eigenvalue weighted by atomic mass is 16.5. The molecule has 0 aromatic heterocycles. The maximum Gasteiger partial charge on any atom is 0.243 e. The maximum atomic E-state index is 12.6. The summed E-state index contributed by atoms with van der Waals surface area (Å²) in [5, 5.41) is 3.13. The van der Waals surface area contributed by atoms with Gasteiger partial charge in [0.05, 0.1) is 5.60 Å². The van der Waals surface area contributed by atoms with E-state index in [0.717, 1.165) is 12.8 Å². The fourth-order valence-corrected chi connectivity index (χ4v) is 3.54. The van der Waals surface area contributed by atoms with Gasteiger partial charge in [-0.3, -0.25) is 9.59 Å². The molecule has 0 spiro atoms. The van der Waals surface area contributed by atoms with Crippen molar-refractivity contribution in [1.29, 1.82) is 0 Å². The zero-order valence-electron chi connectivity index (χ0n) is 13.9. The SMILES string of the molecule is CC[C@H](C(=O)N[C@@H]1C[C@](C)(OC)C1(C)C)N1CCCC1=O. The quantitative estimate of drug-likeness (QED) is 0.840. The number of rotatable bonds is 5. The van der Waals surface area contributed by atoms with Crippen LogP contribution in [0.3, 0.4) is 0 Å². The molecule has 0 bridgehead atoms. The second kappa shape index (κ2) is 5.59. The Hall–Kier alpha value is -1.10. The van der Waals surface area contributed by atoms with E-state index in [1.165, 1.54) is 0 Å². The number of hydrogen-bond donors (Lipinski definition) is 1. The number of nitrogens with one attached hydrogen (secondary N) is 1. The molecule has 2 amide bonds. The molecule has 21 heavy (non-hydrogen) atoms. The fourth-order valence-electron chi connectivity index (χ4n) is 3.54. The summed E-state index contributed by atoms with van der Waals surface area (Å²) in [4.78, 5) is 26.1. The molecule has 1 aliphatic heterocycles. The number of ether oxygens (including phenoxy) is 1. The Bertz CT molecular complexity index is 435. The Morgan fingerprint density at radius 1 is 1.48 bits per heavy atom. The van der Waals surface area contributed by atoms with Crippen molar-refractivity contribution in [1.82, 2.24) is 10.2 Å². The van der Waals surface area contributed by atoms with Gasteiger partial charge >= 0.3 is 0 Å². The number of carbonyl (C=O) groups is 2. The van der Waals surface area contributed by atoms with Crippen molar-refractivity contribution in [2.75, 3.05) is 13.7 Å². The van der Waals surface area contributed by atoms with Crippen LogP contribution in [0.5, 0.6) is 0 Å². The summed E-state index contributed by atoms with van der Waals surface area (Å²) >= 11 is 0. The highest BCUT2D eigenvalue weighted by molar-refractivity contribution is 5.88. The van der Waals surface area contributed by atoms with Crippen molar-refractivity contribution in [3.63, 3.8) is 0 Å². The average molecular weight is 296 g/mol. The average Bonchev–Trinajstić information content (AvgIpc) is 2.85. The van der Waals surface area contributed by atoms with E-state index in [1.54, 1.807) is 12.0 Å². The molecule has 2 aliphatic rings. The maximum absolute atomic E-state index is 12.6. The molecule has 1 saturated carbocycles. The summed E-state index contributed by atoms with van der Waals surface area (Å²) in [6.45, 7) is 8.98. The third-order valence-electron chi connectivity index (χ3n) is 5.77. The van der Waals surface area contributed by atoms with Crippen LogP contribution in [-0.4, -0.2) is 48.1 Å². The van der Waals surface area contributed by atoms with E-state index in [2.05, 4.69) is 26.1 Å². The summed E-state index contributed by atoms with van der Waals surface area (Å²) in [5.41, 5.74) is -0.305. The highest BCUT2D eigenvalue weighted by Gasteiger charge is 2.58. The van der Waals surface area contributed by atoms with Gasteiger partial charge in [-0.15, -0.1) is 0 Å². The van der Waals surface area contributed by atoms with Crippen molar-refractivity contribution >= 4 is 11.8 Å². The molecule has 0 radical (unpaired) electrons. The van der Waals surface area contributed by atoms with Gasteiger partial charge in [-0.25, -0.2) is 0 Å². The van der Waals surface area contributed by atoms with Crippen LogP contribution in [0.15, 0.2) is 0 Å². The summed E-state index contributed by atoms with van der Waals surface area (Å²) in [6, 6.07) is -0.230.